The first-order valence-corrected chi connectivity index (χ1v) is 11.4. The van der Waals surface area contributed by atoms with Gasteiger partial charge in [-0.1, -0.05) is 43.8 Å². The van der Waals surface area contributed by atoms with Gasteiger partial charge in [0, 0.05) is 25.7 Å². The summed E-state index contributed by atoms with van der Waals surface area (Å²) in [6.45, 7) is 5.81. The highest BCUT2D eigenvalue weighted by Gasteiger charge is 2.76. The Labute approximate surface area is 202 Å². The van der Waals surface area contributed by atoms with Crippen molar-refractivity contribution < 1.29 is 48.3 Å². The molecule has 7 atom stereocenters. The van der Waals surface area contributed by atoms with Gasteiger partial charge in [0.15, 0.2) is 17.7 Å². The molecule has 2 aliphatic rings. The van der Waals surface area contributed by atoms with Gasteiger partial charge in [-0.3, -0.25) is 9.59 Å². The van der Waals surface area contributed by atoms with E-state index in [4.69, 9.17) is 14.2 Å². The van der Waals surface area contributed by atoms with Crippen LogP contribution in [0.3, 0.4) is 0 Å². The third-order valence-electron chi connectivity index (χ3n) is 6.89. The largest absolute Gasteiger partial charge is 0.479 e. The van der Waals surface area contributed by atoms with Gasteiger partial charge in [-0.25, -0.2) is 9.18 Å². The lowest BCUT2D eigenvalue weighted by Crippen LogP contribution is -2.72. The molecular weight excluding hydrogens is 463 g/mol. The molecule has 2 fully saturated rings. The second-order valence-corrected chi connectivity index (χ2v) is 9.33. The standard InChI is InChI=1S/C25H31FO9/c1-15(21(33-17(3)28)16(2)11-18-7-5-4-6-8-18)9-10-25-19(29)12-24(35-25,22(30)31)23(32,14-27)20(13-26)34-25/h4-8,14,16,19-21,29,32H,1,9-13H2,2-3H3,(H,30,31)/t16?,19-,20?,21?,23?,24?,25?/m1/s1. The van der Waals surface area contributed by atoms with Gasteiger partial charge >= 0.3 is 11.9 Å². The van der Waals surface area contributed by atoms with Crippen LogP contribution in [-0.2, 0) is 35.0 Å². The molecule has 192 valence electrons. The van der Waals surface area contributed by atoms with Crippen molar-refractivity contribution in [3.05, 3.63) is 48.0 Å². The summed E-state index contributed by atoms with van der Waals surface area (Å²) in [5, 5.41) is 31.3. The number of benzene rings is 1. The summed E-state index contributed by atoms with van der Waals surface area (Å²) in [6.07, 6.45) is -4.49. The number of aldehydes is 1. The fourth-order valence-corrected chi connectivity index (χ4v) is 5.02. The number of hydrogen-bond donors (Lipinski definition) is 3. The molecule has 2 saturated heterocycles. The zero-order chi connectivity index (χ0) is 26.0. The van der Waals surface area contributed by atoms with E-state index < -0.39 is 60.3 Å². The highest BCUT2D eigenvalue weighted by Crippen LogP contribution is 2.54. The van der Waals surface area contributed by atoms with Crippen LogP contribution in [0.25, 0.3) is 0 Å². The molecule has 9 nitrogen and oxygen atoms in total. The summed E-state index contributed by atoms with van der Waals surface area (Å²) < 4.78 is 30.4. The monoisotopic (exact) mass is 494 g/mol. The average Bonchev–Trinajstić information content (AvgIpc) is 3.09. The molecule has 0 spiro atoms. The highest BCUT2D eigenvalue weighted by atomic mass is 19.1. The minimum atomic E-state index is -2.84. The Bertz CT molecular complexity index is 969. The molecule has 2 aliphatic heterocycles. The molecule has 0 aliphatic carbocycles. The molecular formula is C25H31FO9. The molecule has 3 N–H and O–H groups in total. The van der Waals surface area contributed by atoms with Crippen molar-refractivity contribution in [1.29, 1.82) is 0 Å². The summed E-state index contributed by atoms with van der Waals surface area (Å²) in [6, 6.07) is 9.57. The molecule has 3 rings (SSSR count). The van der Waals surface area contributed by atoms with E-state index in [1.807, 2.05) is 37.3 Å². The second-order valence-electron chi connectivity index (χ2n) is 9.33. The molecule has 6 unspecified atom stereocenters. The number of halogens is 1. The molecule has 1 aromatic carbocycles. The van der Waals surface area contributed by atoms with Gasteiger partial charge in [-0.15, -0.1) is 0 Å². The number of ether oxygens (including phenoxy) is 3. The number of carboxylic acid groups (broad SMARTS) is 1. The Balaban J connectivity index is 1.82. The number of rotatable bonds is 11. The highest BCUT2D eigenvalue weighted by molar-refractivity contribution is 5.87. The third kappa shape index (κ3) is 4.75. The van der Waals surface area contributed by atoms with E-state index in [1.54, 1.807) is 0 Å². The maximum atomic E-state index is 13.8. The quantitative estimate of drug-likeness (QED) is 0.238. The van der Waals surface area contributed by atoms with Crippen LogP contribution in [0.5, 0.6) is 0 Å². The second kappa shape index (κ2) is 10.1. The number of hydrogen-bond acceptors (Lipinski definition) is 8. The van der Waals surface area contributed by atoms with Crippen LogP contribution in [0.15, 0.2) is 42.5 Å². The number of carbonyl (C=O) groups excluding carboxylic acids is 2. The zero-order valence-corrected chi connectivity index (χ0v) is 19.7. The number of aliphatic hydroxyl groups is 2. The van der Waals surface area contributed by atoms with E-state index in [2.05, 4.69) is 6.58 Å². The van der Waals surface area contributed by atoms with Gasteiger partial charge in [0.2, 0.25) is 5.60 Å². The molecule has 35 heavy (non-hydrogen) atoms. The van der Waals surface area contributed by atoms with Crippen molar-refractivity contribution in [2.75, 3.05) is 6.67 Å². The molecule has 2 bridgehead atoms. The number of esters is 1. The Morgan fingerprint density at radius 3 is 2.54 bits per heavy atom. The summed E-state index contributed by atoms with van der Waals surface area (Å²) in [5.41, 5.74) is -3.94. The predicted octanol–water partition coefficient (Wildman–Crippen LogP) is 1.73. The minimum Gasteiger partial charge on any atom is -0.479 e. The number of alkyl halides is 1. The van der Waals surface area contributed by atoms with Gasteiger partial charge in [0.1, 0.15) is 25.0 Å². The van der Waals surface area contributed by atoms with E-state index in [0.29, 0.717) is 12.0 Å². The molecule has 2 heterocycles. The lowest BCUT2D eigenvalue weighted by Gasteiger charge is -2.49. The van der Waals surface area contributed by atoms with Gasteiger partial charge in [0.25, 0.3) is 0 Å². The smallest absolute Gasteiger partial charge is 0.339 e. The maximum absolute atomic E-state index is 13.8. The van der Waals surface area contributed by atoms with Crippen LogP contribution in [0.4, 0.5) is 4.39 Å². The molecule has 1 aromatic rings. The molecule has 0 amide bonds. The van der Waals surface area contributed by atoms with Crippen molar-refractivity contribution in [3.63, 3.8) is 0 Å². The van der Waals surface area contributed by atoms with Gasteiger partial charge in [-0.05, 0) is 24.0 Å². The van der Waals surface area contributed by atoms with E-state index in [1.165, 1.54) is 6.92 Å². The van der Waals surface area contributed by atoms with Crippen LogP contribution in [0.2, 0.25) is 0 Å². The Morgan fingerprint density at radius 1 is 1.34 bits per heavy atom. The molecule has 0 saturated carbocycles. The lowest BCUT2D eigenvalue weighted by atomic mass is 9.77. The van der Waals surface area contributed by atoms with E-state index in [-0.39, 0.29) is 25.0 Å². The first-order valence-electron chi connectivity index (χ1n) is 11.4. The van der Waals surface area contributed by atoms with Crippen LogP contribution in [-0.4, -0.2) is 75.5 Å². The average molecular weight is 495 g/mol. The Kier molecular flexibility index (Phi) is 7.80. The maximum Gasteiger partial charge on any atom is 0.339 e. The van der Waals surface area contributed by atoms with Crippen LogP contribution < -0.4 is 0 Å². The SMILES string of the molecule is C=C(CCC12OC(CF)C(O)(C=O)C(C(=O)O)(C[C@H]1O)O2)C(OC(C)=O)C(C)Cc1ccccc1. The summed E-state index contributed by atoms with van der Waals surface area (Å²) in [7, 11) is 0. The summed E-state index contributed by atoms with van der Waals surface area (Å²) >= 11 is 0. The van der Waals surface area contributed by atoms with Crippen molar-refractivity contribution in [3.8, 4) is 0 Å². The van der Waals surface area contributed by atoms with E-state index in [9.17, 15) is 34.1 Å². The summed E-state index contributed by atoms with van der Waals surface area (Å²) in [4.78, 5) is 35.5. The van der Waals surface area contributed by atoms with Crippen molar-refractivity contribution in [1.82, 2.24) is 0 Å². The number of carboxylic acids is 1. The van der Waals surface area contributed by atoms with Crippen LogP contribution in [0.1, 0.15) is 38.7 Å². The topological polar surface area (TPSA) is 140 Å². The normalized spacial score (nSPS) is 33.5. The number of fused-ring (bicyclic) bond motifs is 2. The number of carbonyl (C=O) groups is 3. The Morgan fingerprint density at radius 2 is 2.00 bits per heavy atom. The summed E-state index contributed by atoms with van der Waals surface area (Å²) in [5.74, 6) is -4.41. The first kappa shape index (κ1) is 26.9. The minimum absolute atomic E-state index is 0.0579. The van der Waals surface area contributed by atoms with Crippen LogP contribution in [0, 0.1) is 5.92 Å². The first-order chi connectivity index (χ1) is 16.4. The van der Waals surface area contributed by atoms with Crippen molar-refractivity contribution in [2.24, 2.45) is 5.92 Å². The number of aliphatic carboxylic acids is 1. The van der Waals surface area contributed by atoms with E-state index in [0.717, 1.165) is 5.56 Å². The van der Waals surface area contributed by atoms with Crippen LogP contribution >= 0.6 is 0 Å². The fourth-order valence-electron chi connectivity index (χ4n) is 5.02. The fraction of sp³-hybridized carbons (Fsp3) is 0.560. The predicted molar refractivity (Wildman–Crippen MR) is 120 cm³/mol. The Hall–Kier alpha value is -2.66. The van der Waals surface area contributed by atoms with Gasteiger partial charge in [0.05, 0.1) is 0 Å². The van der Waals surface area contributed by atoms with Gasteiger partial charge < -0.3 is 29.5 Å². The molecule has 0 radical (unpaired) electrons. The van der Waals surface area contributed by atoms with Crippen molar-refractivity contribution >= 4 is 18.2 Å². The third-order valence-corrected chi connectivity index (χ3v) is 6.89. The molecule has 0 aromatic heterocycles. The molecule has 10 heteroatoms. The zero-order valence-electron chi connectivity index (χ0n) is 19.7. The van der Waals surface area contributed by atoms with Gasteiger partial charge in [-0.2, -0.15) is 0 Å². The van der Waals surface area contributed by atoms with Crippen molar-refractivity contribution in [2.45, 2.75) is 74.8 Å². The number of aliphatic hydroxyl groups excluding tert-OH is 1. The lowest BCUT2D eigenvalue weighted by molar-refractivity contribution is -0.374. The van der Waals surface area contributed by atoms with E-state index >= 15 is 0 Å².